The summed E-state index contributed by atoms with van der Waals surface area (Å²) < 4.78 is 42.1. The number of nitrogens with one attached hydrogen (secondary N) is 1. The first-order valence-electron chi connectivity index (χ1n) is 13.5. The predicted molar refractivity (Wildman–Crippen MR) is 138 cm³/mol. The highest BCUT2D eigenvalue weighted by Crippen LogP contribution is 2.54. The molecular weight excluding hydrogens is 483 g/mol. The van der Waals surface area contributed by atoms with Crippen molar-refractivity contribution in [2.24, 2.45) is 0 Å². The lowest BCUT2D eigenvalue weighted by atomic mass is 10.0. The van der Waals surface area contributed by atoms with Crippen LogP contribution in [-0.4, -0.2) is 62.9 Å². The Morgan fingerprint density at radius 3 is 2.39 bits per heavy atom. The highest BCUT2D eigenvalue weighted by atomic mass is 31.2. The van der Waals surface area contributed by atoms with Crippen LogP contribution in [0.2, 0.25) is 0 Å². The molecule has 1 N–H and O–H groups in total. The number of rotatable bonds is 16. The molecule has 204 valence electrons. The Kier molecular flexibility index (Phi) is 12.0. The lowest BCUT2D eigenvalue weighted by Gasteiger charge is -2.33. The maximum atomic E-state index is 13.5. The van der Waals surface area contributed by atoms with Crippen LogP contribution in [0.15, 0.2) is 18.2 Å². The van der Waals surface area contributed by atoms with Crippen LogP contribution in [0.1, 0.15) is 77.4 Å². The third-order valence-electron chi connectivity index (χ3n) is 6.33. The summed E-state index contributed by atoms with van der Waals surface area (Å²) in [6, 6.07) is 5.07. The normalized spacial score (nSPS) is 17.6. The van der Waals surface area contributed by atoms with Gasteiger partial charge in [-0.05, 0) is 63.9 Å². The smallest absolute Gasteiger partial charge is 0.475 e. The lowest BCUT2D eigenvalue weighted by molar-refractivity contribution is -0.123. The third kappa shape index (κ3) is 8.73. The molecule has 1 amide bonds. The maximum Gasteiger partial charge on any atom is 0.475 e. The number of hydrogen-bond donors (Lipinski definition) is 1. The number of ether oxygens (including phenoxy) is 2. The van der Waals surface area contributed by atoms with Crippen molar-refractivity contribution in [1.82, 2.24) is 10.2 Å². The van der Waals surface area contributed by atoms with Crippen molar-refractivity contribution >= 4 is 13.7 Å². The number of likely N-dealkylation sites (tertiary alicyclic amines) is 1. The van der Waals surface area contributed by atoms with Crippen LogP contribution in [-0.2, 0) is 22.9 Å². The summed E-state index contributed by atoms with van der Waals surface area (Å²) in [6.07, 6.45) is 5.98. The molecule has 0 aromatic heterocycles. The number of phosphoric acid groups is 1. The number of benzene rings is 1. The number of amides is 1. The molecule has 1 fully saturated rings. The van der Waals surface area contributed by atoms with Gasteiger partial charge in [-0.3, -0.25) is 18.4 Å². The summed E-state index contributed by atoms with van der Waals surface area (Å²) in [7, 11) is -3.88. The zero-order valence-electron chi connectivity index (χ0n) is 22.0. The molecule has 2 aliphatic heterocycles. The summed E-state index contributed by atoms with van der Waals surface area (Å²) >= 11 is 0. The summed E-state index contributed by atoms with van der Waals surface area (Å²) in [5.41, 5.74) is 0.717. The summed E-state index contributed by atoms with van der Waals surface area (Å²) in [5.74, 6) is 1.21. The van der Waals surface area contributed by atoms with Gasteiger partial charge < -0.3 is 19.7 Å². The number of carbonyl (C=O) groups is 1. The number of phosphoric ester groups is 1. The van der Waals surface area contributed by atoms with Gasteiger partial charge in [-0.15, -0.1) is 0 Å². The van der Waals surface area contributed by atoms with Gasteiger partial charge in [0.15, 0.2) is 11.5 Å². The molecular formula is C26H43N2O7P. The molecule has 0 bridgehead atoms. The molecule has 0 unspecified atom stereocenters. The molecule has 10 heteroatoms. The maximum absolute atomic E-state index is 13.5. The Hall–Kier alpha value is -1.64. The summed E-state index contributed by atoms with van der Waals surface area (Å²) in [4.78, 5) is 15.3. The predicted octanol–water partition coefficient (Wildman–Crippen LogP) is 5.25. The monoisotopic (exact) mass is 526 g/mol. The Labute approximate surface area is 215 Å². The van der Waals surface area contributed by atoms with Gasteiger partial charge in [-0.25, -0.2) is 4.57 Å². The van der Waals surface area contributed by atoms with Gasteiger partial charge in [0.05, 0.1) is 19.3 Å². The van der Waals surface area contributed by atoms with Crippen LogP contribution >= 0.6 is 7.82 Å². The van der Waals surface area contributed by atoms with Gasteiger partial charge in [0.25, 0.3) is 0 Å². The van der Waals surface area contributed by atoms with Crippen LogP contribution in [0.3, 0.4) is 0 Å². The van der Waals surface area contributed by atoms with Crippen molar-refractivity contribution < 1.29 is 32.4 Å². The highest BCUT2D eigenvalue weighted by molar-refractivity contribution is 7.48. The second-order valence-electron chi connectivity index (χ2n) is 9.20. The van der Waals surface area contributed by atoms with E-state index in [1.165, 1.54) is 0 Å². The Morgan fingerprint density at radius 2 is 1.72 bits per heavy atom. The van der Waals surface area contributed by atoms with E-state index < -0.39 is 20.0 Å². The first kappa shape index (κ1) is 28.9. The quantitative estimate of drug-likeness (QED) is 0.231. The van der Waals surface area contributed by atoms with Crippen molar-refractivity contribution in [3.8, 4) is 11.5 Å². The molecule has 0 aliphatic carbocycles. The zero-order chi connectivity index (χ0) is 25.8. The average molecular weight is 527 g/mol. The van der Waals surface area contributed by atoms with Gasteiger partial charge in [0.1, 0.15) is 19.3 Å². The Morgan fingerprint density at radius 1 is 1.03 bits per heavy atom. The largest absolute Gasteiger partial charge is 0.486 e. The Balaban J connectivity index is 1.90. The van der Waals surface area contributed by atoms with Gasteiger partial charge in [0, 0.05) is 13.0 Å². The number of fused-ring (bicyclic) bond motifs is 1. The zero-order valence-corrected chi connectivity index (χ0v) is 22.9. The second kappa shape index (κ2) is 14.9. The number of carbonyl (C=O) groups excluding carboxylic acids is 1. The van der Waals surface area contributed by atoms with Gasteiger partial charge in [0.2, 0.25) is 5.91 Å². The molecule has 9 nitrogen and oxygen atoms in total. The number of nitrogens with zero attached hydrogens (tertiary/aromatic N) is 1. The fraction of sp³-hybridized carbons (Fsp3) is 0.731. The summed E-state index contributed by atoms with van der Waals surface area (Å²) in [6.45, 7) is 9.39. The van der Waals surface area contributed by atoms with E-state index in [0.29, 0.717) is 37.7 Å². The Bertz CT molecular complexity index is 853. The van der Waals surface area contributed by atoms with Crippen molar-refractivity contribution in [1.29, 1.82) is 0 Å². The first-order valence-corrected chi connectivity index (χ1v) is 14.9. The van der Waals surface area contributed by atoms with Crippen LogP contribution in [0, 0.1) is 0 Å². The SMILES string of the molecule is CCCCCCC(=O)N[C@H](CN1CCCC1)[C@H](OP(=O)(OCC)OCC)c1ccc2c(c1)OCCO2. The van der Waals surface area contributed by atoms with Crippen molar-refractivity contribution in [2.75, 3.05) is 46.1 Å². The number of hydrogen-bond acceptors (Lipinski definition) is 8. The van der Waals surface area contributed by atoms with E-state index in [1.54, 1.807) is 13.8 Å². The van der Waals surface area contributed by atoms with Crippen LogP contribution < -0.4 is 14.8 Å². The van der Waals surface area contributed by atoms with E-state index in [-0.39, 0.29) is 19.1 Å². The fourth-order valence-corrected chi connectivity index (χ4v) is 5.98. The van der Waals surface area contributed by atoms with E-state index in [4.69, 9.17) is 23.0 Å². The molecule has 1 aromatic carbocycles. The summed E-state index contributed by atoms with van der Waals surface area (Å²) in [5, 5.41) is 3.20. The van der Waals surface area contributed by atoms with E-state index in [2.05, 4.69) is 17.1 Å². The molecule has 0 radical (unpaired) electrons. The molecule has 36 heavy (non-hydrogen) atoms. The van der Waals surface area contributed by atoms with Gasteiger partial charge in [-0.2, -0.15) is 0 Å². The third-order valence-corrected chi connectivity index (χ3v) is 7.97. The molecule has 3 rings (SSSR count). The minimum atomic E-state index is -3.88. The van der Waals surface area contributed by atoms with E-state index >= 15 is 0 Å². The van der Waals surface area contributed by atoms with E-state index in [9.17, 15) is 9.36 Å². The van der Waals surface area contributed by atoms with E-state index in [1.807, 2.05) is 18.2 Å². The minimum absolute atomic E-state index is 0.0379. The molecule has 2 aliphatic rings. The average Bonchev–Trinajstić information content (AvgIpc) is 3.38. The van der Waals surface area contributed by atoms with Crippen molar-refractivity contribution in [3.63, 3.8) is 0 Å². The van der Waals surface area contributed by atoms with Crippen LogP contribution in [0.5, 0.6) is 11.5 Å². The topological polar surface area (TPSA) is 95.6 Å². The molecule has 2 heterocycles. The first-order chi connectivity index (χ1) is 17.5. The minimum Gasteiger partial charge on any atom is -0.486 e. The molecule has 0 spiro atoms. The van der Waals surface area contributed by atoms with Gasteiger partial charge >= 0.3 is 7.82 Å². The molecule has 1 saturated heterocycles. The lowest BCUT2D eigenvalue weighted by Crippen LogP contribution is -2.47. The van der Waals surface area contributed by atoms with Crippen molar-refractivity contribution in [2.45, 2.75) is 77.9 Å². The highest BCUT2D eigenvalue weighted by Gasteiger charge is 2.37. The standard InChI is InChI=1S/C26H43N2O7P/c1-4-7-8-9-12-25(29)27-22(20-28-15-10-11-16-28)26(35-36(30,33-5-2)34-6-3)21-13-14-23-24(19-21)32-18-17-31-23/h13-14,19,22,26H,4-12,15-18,20H2,1-3H3,(H,27,29)/t22-,26-/m1/s1. The van der Waals surface area contributed by atoms with Crippen molar-refractivity contribution in [3.05, 3.63) is 23.8 Å². The van der Waals surface area contributed by atoms with Crippen LogP contribution in [0.4, 0.5) is 0 Å². The second-order valence-corrected chi connectivity index (χ2v) is 10.8. The fourth-order valence-electron chi connectivity index (χ4n) is 4.61. The molecule has 0 saturated carbocycles. The molecule has 1 aromatic rings. The number of unbranched alkanes of at least 4 members (excludes halogenated alkanes) is 3. The molecule has 2 atom stereocenters. The van der Waals surface area contributed by atoms with Crippen LogP contribution in [0.25, 0.3) is 0 Å². The van der Waals surface area contributed by atoms with E-state index in [0.717, 1.165) is 57.2 Å². The van der Waals surface area contributed by atoms with Gasteiger partial charge in [-0.1, -0.05) is 32.3 Å².